The smallest absolute Gasteiger partial charge is 0.315 e. The number of nitrogens with zero attached hydrogens (tertiary/aromatic N) is 8. The molecule has 0 aliphatic carbocycles. The SMILES string of the molecule is CN(C)C/C=C/C(=O)Nc1cn(C)nc1-c1nc2nccc(-c3ccc(CNC(=O)c4nc(C(C)(C)C)no4)c([N+](=O)[O-])c3)c2[nH]1. The largest absolute Gasteiger partial charge is 0.343 e. The average Bonchev–Trinajstić information content (AvgIpc) is 3.73. The zero-order valence-corrected chi connectivity index (χ0v) is 26.2. The number of nitro groups is 1. The number of amides is 2. The molecule has 0 unspecified atom stereocenters. The number of benzene rings is 1. The molecule has 0 saturated heterocycles. The van der Waals surface area contributed by atoms with Crippen LogP contribution in [0.15, 0.2) is 53.3 Å². The second-order valence-electron chi connectivity index (χ2n) is 11.8. The minimum Gasteiger partial charge on any atom is -0.343 e. The van der Waals surface area contributed by atoms with Gasteiger partial charge in [-0.05, 0) is 31.8 Å². The number of hydrogen-bond acceptors (Lipinski definition) is 11. The second kappa shape index (κ2) is 12.7. The number of aromatic amines is 1. The van der Waals surface area contributed by atoms with Crippen molar-refractivity contribution in [2.45, 2.75) is 32.7 Å². The Labute approximate surface area is 263 Å². The second-order valence-corrected chi connectivity index (χ2v) is 11.8. The predicted octanol–water partition coefficient (Wildman–Crippen LogP) is 3.60. The van der Waals surface area contributed by atoms with E-state index in [-0.39, 0.29) is 29.6 Å². The molecule has 0 fully saturated rings. The normalized spacial score (nSPS) is 11.9. The van der Waals surface area contributed by atoms with E-state index in [2.05, 4.69) is 40.8 Å². The fourth-order valence-corrected chi connectivity index (χ4v) is 4.49. The van der Waals surface area contributed by atoms with Gasteiger partial charge in [-0.1, -0.05) is 38.1 Å². The number of carbonyl (C=O) groups is 2. The lowest BCUT2D eigenvalue weighted by atomic mass is 9.96. The minimum atomic E-state index is -0.642. The molecule has 3 N–H and O–H groups in total. The molecule has 46 heavy (non-hydrogen) atoms. The van der Waals surface area contributed by atoms with Crippen LogP contribution < -0.4 is 10.6 Å². The molecule has 4 aromatic heterocycles. The van der Waals surface area contributed by atoms with Crippen molar-refractivity contribution in [1.29, 1.82) is 0 Å². The van der Waals surface area contributed by atoms with Crippen LogP contribution in [-0.4, -0.2) is 77.2 Å². The number of likely N-dealkylation sites (N-methyl/N-ethyl adjacent to an activating group) is 1. The van der Waals surface area contributed by atoms with Crippen LogP contribution in [0.25, 0.3) is 33.8 Å². The number of nitrogens with one attached hydrogen (secondary N) is 3. The van der Waals surface area contributed by atoms with Gasteiger partial charge in [-0.15, -0.1) is 0 Å². The summed E-state index contributed by atoms with van der Waals surface area (Å²) in [5.41, 5.74) is 2.52. The lowest BCUT2D eigenvalue weighted by Gasteiger charge is -2.10. The van der Waals surface area contributed by atoms with Crippen LogP contribution in [0.4, 0.5) is 11.4 Å². The molecule has 0 saturated carbocycles. The van der Waals surface area contributed by atoms with Crippen LogP contribution in [0.1, 0.15) is 42.8 Å². The van der Waals surface area contributed by atoms with Crippen molar-refractivity contribution < 1.29 is 19.0 Å². The first-order chi connectivity index (χ1) is 21.8. The fraction of sp³-hybridized carbons (Fsp3) is 0.300. The summed E-state index contributed by atoms with van der Waals surface area (Å²) in [5, 5.41) is 25.8. The molecule has 0 bridgehead atoms. The molecule has 2 amide bonds. The van der Waals surface area contributed by atoms with E-state index >= 15 is 0 Å². The van der Waals surface area contributed by atoms with Gasteiger partial charge in [-0.3, -0.25) is 24.4 Å². The third-order valence-corrected chi connectivity index (χ3v) is 6.77. The first kappa shape index (κ1) is 31.6. The highest BCUT2D eigenvalue weighted by atomic mass is 16.6. The quantitative estimate of drug-likeness (QED) is 0.116. The summed E-state index contributed by atoms with van der Waals surface area (Å²) in [6, 6.07) is 6.42. The molecular weight excluding hydrogens is 594 g/mol. The van der Waals surface area contributed by atoms with E-state index in [1.807, 2.05) is 39.8 Å². The number of imidazole rings is 1. The maximum atomic E-state index is 12.6. The molecule has 1 aromatic carbocycles. The van der Waals surface area contributed by atoms with E-state index in [4.69, 9.17) is 4.52 Å². The lowest BCUT2D eigenvalue weighted by molar-refractivity contribution is -0.385. The molecule has 4 heterocycles. The third-order valence-electron chi connectivity index (χ3n) is 6.77. The molecule has 0 aliphatic heterocycles. The first-order valence-corrected chi connectivity index (χ1v) is 14.2. The van der Waals surface area contributed by atoms with Gasteiger partial charge in [0, 0.05) is 54.7 Å². The molecule has 5 aromatic rings. The monoisotopic (exact) mass is 627 g/mol. The van der Waals surface area contributed by atoms with E-state index in [0.29, 0.717) is 51.9 Å². The number of nitro benzene ring substituents is 1. The Morgan fingerprint density at radius 2 is 1.98 bits per heavy atom. The summed E-state index contributed by atoms with van der Waals surface area (Å²) in [7, 11) is 5.53. The van der Waals surface area contributed by atoms with Crippen LogP contribution in [0.3, 0.4) is 0 Å². The highest BCUT2D eigenvalue weighted by molar-refractivity contribution is 6.01. The van der Waals surface area contributed by atoms with Crippen molar-refractivity contribution in [3.05, 3.63) is 76.2 Å². The number of carbonyl (C=O) groups excluding carboxylic acids is 2. The van der Waals surface area contributed by atoms with Crippen molar-refractivity contribution in [1.82, 2.24) is 45.1 Å². The molecule has 0 aliphatic rings. The summed E-state index contributed by atoms with van der Waals surface area (Å²) in [5.74, 6) is -0.462. The Bertz CT molecular complexity index is 1960. The third kappa shape index (κ3) is 6.96. The molecule has 16 heteroatoms. The van der Waals surface area contributed by atoms with Crippen molar-refractivity contribution >= 4 is 34.4 Å². The van der Waals surface area contributed by atoms with E-state index in [1.54, 1.807) is 48.4 Å². The Balaban J connectivity index is 1.40. The molecule has 16 nitrogen and oxygen atoms in total. The van der Waals surface area contributed by atoms with Gasteiger partial charge in [0.05, 0.1) is 22.7 Å². The van der Waals surface area contributed by atoms with Crippen LogP contribution in [0, 0.1) is 10.1 Å². The summed E-state index contributed by atoms with van der Waals surface area (Å²) < 4.78 is 6.62. The van der Waals surface area contributed by atoms with E-state index in [0.717, 1.165) is 0 Å². The number of fused-ring (bicyclic) bond motifs is 1. The Hall–Kier alpha value is -5.77. The van der Waals surface area contributed by atoms with E-state index in [1.165, 1.54) is 12.1 Å². The summed E-state index contributed by atoms with van der Waals surface area (Å²) >= 11 is 0. The van der Waals surface area contributed by atoms with E-state index in [9.17, 15) is 19.7 Å². The first-order valence-electron chi connectivity index (χ1n) is 14.2. The molecule has 0 atom stereocenters. The number of aromatic nitrogens is 7. The van der Waals surface area contributed by atoms with Gasteiger partial charge < -0.3 is 25.0 Å². The molecule has 0 radical (unpaired) electrons. The van der Waals surface area contributed by atoms with Crippen LogP contribution in [0.5, 0.6) is 0 Å². The maximum Gasteiger partial charge on any atom is 0.315 e. The highest BCUT2D eigenvalue weighted by Gasteiger charge is 2.25. The molecule has 238 valence electrons. The van der Waals surface area contributed by atoms with Crippen molar-refractivity contribution in [3.8, 4) is 22.6 Å². The Morgan fingerprint density at radius 3 is 2.67 bits per heavy atom. The minimum absolute atomic E-state index is 0.138. The number of aryl methyl sites for hydroxylation is 1. The Morgan fingerprint density at radius 1 is 1.20 bits per heavy atom. The lowest BCUT2D eigenvalue weighted by Crippen LogP contribution is -2.24. The number of rotatable bonds is 10. The average molecular weight is 628 g/mol. The van der Waals surface area contributed by atoms with Crippen LogP contribution >= 0.6 is 0 Å². The predicted molar refractivity (Wildman–Crippen MR) is 169 cm³/mol. The van der Waals surface area contributed by atoms with E-state index < -0.39 is 16.2 Å². The van der Waals surface area contributed by atoms with Gasteiger partial charge in [0.1, 0.15) is 0 Å². The van der Waals surface area contributed by atoms with Gasteiger partial charge in [-0.2, -0.15) is 10.1 Å². The zero-order chi connectivity index (χ0) is 33.2. The van der Waals surface area contributed by atoms with Gasteiger partial charge in [0.15, 0.2) is 23.0 Å². The Kier molecular flexibility index (Phi) is 8.73. The summed E-state index contributed by atoms with van der Waals surface area (Å²) in [4.78, 5) is 54.9. The van der Waals surface area contributed by atoms with Crippen molar-refractivity contribution in [3.63, 3.8) is 0 Å². The molecule has 5 rings (SSSR count). The van der Waals surface area contributed by atoms with Gasteiger partial charge in [-0.25, -0.2) is 9.97 Å². The molecule has 0 spiro atoms. The summed E-state index contributed by atoms with van der Waals surface area (Å²) in [6.45, 7) is 6.12. The van der Waals surface area contributed by atoms with Gasteiger partial charge in [0.2, 0.25) is 5.91 Å². The van der Waals surface area contributed by atoms with Gasteiger partial charge >= 0.3 is 11.8 Å². The highest BCUT2D eigenvalue weighted by Crippen LogP contribution is 2.33. The van der Waals surface area contributed by atoms with Crippen LogP contribution in [-0.2, 0) is 23.8 Å². The number of pyridine rings is 1. The zero-order valence-electron chi connectivity index (χ0n) is 26.2. The van der Waals surface area contributed by atoms with Gasteiger partial charge in [0.25, 0.3) is 5.69 Å². The van der Waals surface area contributed by atoms with Crippen molar-refractivity contribution in [2.24, 2.45) is 7.05 Å². The van der Waals surface area contributed by atoms with Crippen molar-refractivity contribution in [2.75, 3.05) is 26.0 Å². The number of hydrogen-bond donors (Lipinski definition) is 3. The number of anilines is 1. The van der Waals surface area contributed by atoms with Crippen LogP contribution in [0.2, 0.25) is 0 Å². The number of H-pyrrole nitrogens is 1. The molecular formula is C30H33N11O5. The standard InChI is InChI=1S/C30H33N11O5/c1-30(2,3)29-36-28(46-38-29)27(43)32-15-18-10-9-17(14-21(18)41(44)45)19-11-12-31-25-23(19)34-26(35-25)24-20(16-40(6)37-24)33-22(42)8-7-13-39(4)5/h7-12,14,16H,13,15H2,1-6H3,(H,32,43)(H,33,42)(H,31,34,35)/b8-7+. The summed E-state index contributed by atoms with van der Waals surface area (Å²) in [6.07, 6.45) is 6.41. The maximum absolute atomic E-state index is 12.6. The topological polar surface area (TPSA) is 203 Å². The fourth-order valence-electron chi connectivity index (χ4n) is 4.49.